The van der Waals surface area contributed by atoms with Gasteiger partial charge in [0, 0.05) is 30.7 Å². The molecule has 0 radical (unpaired) electrons. The van der Waals surface area contributed by atoms with Gasteiger partial charge in [0.1, 0.15) is 11.6 Å². The summed E-state index contributed by atoms with van der Waals surface area (Å²) in [5.41, 5.74) is 1.72. The minimum absolute atomic E-state index is 0.0378. The molecule has 2 atom stereocenters. The SMILES string of the molecule is C[C@H](NCCN[C@@H](C)c1ccccc1F)c1ccc(F)cc1. The normalized spacial score (nSPS) is 13.8. The third-order valence-corrected chi connectivity index (χ3v) is 3.77. The molecule has 0 aliphatic carbocycles. The Kier molecular flexibility index (Phi) is 6.04. The van der Waals surface area contributed by atoms with Crippen LogP contribution in [0.25, 0.3) is 0 Å². The maximum atomic E-state index is 13.6. The van der Waals surface area contributed by atoms with E-state index < -0.39 is 0 Å². The van der Waals surface area contributed by atoms with Crippen LogP contribution in [-0.2, 0) is 0 Å². The Bertz CT molecular complexity index is 584. The molecule has 0 saturated carbocycles. The van der Waals surface area contributed by atoms with Crippen LogP contribution in [0.15, 0.2) is 48.5 Å². The molecule has 2 aromatic rings. The summed E-state index contributed by atoms with van der Waals surface area (Å²) in [6.45, 7) is 5.45. The Morgan fingerprint density at radius 3 is 2.05 bits per heavy atom. The van der Waals surface area contributed by atoms with Crippen molar-refractivity contribution in [3.8, 4) is 0 Å². The topological polar surface area (TPSA) is 24.1 Å². The van der Waals surface area contributed by atoms with Gasteiger partial charge in [-0.3, -0.25) is 0 Å². The molecule has 0 bridgehead atoms. The summed E-state index contributed by atoms with van der Waals surface area (Å²) in [5.74, 6) is -0.411. The maximum absolute atomic E-state index is 13.6. The highest BCUT2D eigenvalue weighted by Gasteiger charge is 2.09. The number of nitrogens with one attached hydrogen (secondary N) is 2. The number of halogens is 2. The second-order valence-electron chi connectivity index (χ2n) is 5.42. The molecule has 0 spiro atoms. The van der Waals surface area contributed by atoms with Crippen LogP contribution >= 0.6 is 0 Å². The largest absolute Gasteiger partial charge is 0.309 e. The van der Waals surface area contributed by atoms with Crippen LogP contribution in [-0.4, -0.2) is 13.1 Å². The van der Waals surface area contributed by atoms with E-state index in [2.05, 4.69) is 10.6 Å². The molecule has 0 heterocycles. The molecule has 22 heavy (non-hydrogen) atoms. The summed E-state index contributed by atoms with van der Waals surface area (Å²) in [5, 5.41) is 6.65. The lowest BCUT2D eigenvalue weighted by atomic mass is 10.1. The molecule has 2 N–H and O–H groups in total. The van der Waals surface area contributed by atoms with Crippen molar-refractivity contribution in [3.05, 3.63) is 71.3 Å². The Labute approximate surface area is 130 Å². The summed E-state index contributed by atoms with van der Waals surface area (Å²) >= 11 is 0. The molecule has 2 rings (SSSR count). The van der Waals surface area contributed by atoms with Crippen LogP contribution in [0.1, 0.15) is 37.1 Å². The van der Waals surface area contributed by atoms with Crippen molar-refractivity contribution in [1.82, 2.24) is 10.6 Å². The first-order valence-corrected chi connectivity index (χ1v) is 7.54. The lowest BCUT2D eigenvalue weighted by Gasteiger charge is -2.18. The predicted octanol–water partition coefficient (Wildman–Crippen LogP) is 3.97. The average molecular weight is 304 g/mol. The van der Waals surface area contributed by atoms with Gasteiger partial charge in [-0.2, -0.15) is 0 Å². The first-order valence-electron chi connectivity index (χ1n) is 7.54. The summed E-state index contributed by atoms with van der Waals surface area (Å²) in [4.78, 5) is 0. The van der Waals surface area contributed by atoms with Crippen molar-refractivity contribution in [3.63, 3.8) is 0 Å². The van der Waals surface area contributed by atoms with Crippen LogP contribution < -0.4 is 10.6 Å². The highest BCUT2D eigenvalue weighted by molar-refractivity contribution is 5.21. The van der Waals surface area contributed by atoms with E-state index in [4.69, 9.17) is 0 Å². The molecule has 0 aromatic heterocycles. The summed E-state index contributed by atoms with van der Waals surface area (Å²) in [7, 11) is 0. The average Bonchev–Trinajstić information content (AvgIpc) is 2.52. The van der Waals surface area contributed by atoms with Gasteiger partial charge in [0.2, 0.25) is 0 Å². The summed E-state index contributed by atoms with van der Waals surface area (Å²) in [6.07, 6.45) is 0. The molecule has 4 heteroatoms. The van der Waals surface area contributed by atoms with Gasteiger partial charge >= 0.3 is 0 Å². The molecule has 0 aliphatic rings. The van der Waals surface area contributed by atoms with E-state index in [0.29, 0.717) is 5.56 Å². The summed E-state index contributed by atoms with van der Waals surface area (Å²) in [6, 6.07) is 13.4. The molecule has 0 amide bonds. The molecular formula is C18H22F2N2. The Hall–Kier alpha value is -1.78. The van der Waals surface area contributed by atoms with Crippen molar-refractivity contribution >= 4 is 0 Å². The zero-order valence-corrected chi connectivity index (χ0v) is 12.9. The highest BCUT2D eigenvalue weighted by atomic mass is 19.1. The second-order valence-corrected chi connectivity index (χ2v) is 5.42. The van der Waals surface area contributed by atoms with E-state index in [9.17, 15) is 8.78 Å². The van der Waals surface area contributed by atoms with Crippen LogP contribution in [0.5, 0.6) is 0 Å². The number of hydrogen-bond acceptors (Lipinski definition) is 2. The van der Waals surface area contributed by atoms with Crippen molar-refractivity contribution < 1.29 is 8.78 Å². The Morgan fingerprint density at radius 1 is 0.818 bits per heavy atom. The van der Waals surface area contributed by atoms with Gasteiger partial charge in [-0.05, 0) is 37.6 Å². The monoisotopic (exact) mass is 304 g/mol. The zero-order valence-electron chi connectivity index (χ0n) is 12.9. The Balaban J connectivity index is 1.75. The fourth-order valence-corrected chi connectivity index (χ4v) is 2.38. The van der Waals surface area contributed by atoms with E-state index in [-0.39, 0.29) is 23.7 Å². The van der Waals surface area contributed by atoms with Gasteiger partial charge in [0.05, 0.1) is 0 Å². The van der Waals surface area contributed by atoms with Crippen LogP contribution in [0, 0.1) is 11.6 Å². The van der Waals surface area contributed by atoms with Crippen molar-refractivity contribution in [2.75, 3.05) is 13.1 Å². The Morgan fingerprint density at radius 2 is 1.41 bits per heavy atom. The number of benzene rings is 2. The van der Waals surface area contributed by atoms with E-state index in [0.717, 1.165) is 18.7 Å². The fraction of sp³-hybridized carbons (Fsp3) is 0.333. The minimum atomic E-state index is -0.226. The standard InChI is InChI=1S/C18H22F2N2/c1-13(15-7-9-16(19)10-8-15)21-11-12-22-14(2)17-5-3-4-6-18(17)20/h3-10,13-14,21-22H,11-12H2,1-2H3/t13-,14-/m0/s1. The van der Waals surface area contributed by atoms with Gasteiger partial charge in [0.25, 0.3) is 0 Å². The fourth-order valence-electron chi connectivity index (χ4n) is 2.38. The zero-order chi connectivity index (χ0) is 15.9. The number of rotatable bonds is 7. The van der Waals surface area contributed by atoms with Gasteiger partial charge in [-0.15, -0.1) is 0 Å². The lowest BCUT2D eigenvalue weighted by molar-refractivity contribution is 0.495. The second kappa shape index (κ2) is 8.01. The van der Waals surface area contributed by atoms with Crippen molar-refractivity contribution in [2.24, 2.45) is 0 Å². The quantitative estimate of drug-likeness (QED) is 0.756. The van der Waals surface area contributed by atoms with Gasteiger partial charge in [-0.1, -0.05) is 30.3 Å². The van der Waals surface area contributed by atoms with E-state index >= 15 is 0 Å². The molecule has 2 nitrogen and oxygen atoms in total. The highest BCUT2D eigenvalue weighted by Crippen LogP contribution is 2.16. The van der Waals surface area contributed by atoms with Crippen LogP contribution in [0.4, 0.5) is 8.78 Å². The molecule has 0 aliphatic heterocycles. The third-order valence-electron chi connectivity index (χ3n) is 3.77. The van der Waals surface area contributed by atoms with Crippen molar-refractivity contribution in [2.45, 2.75) is 25.9 Å². The van der Waals surface area contributed by atoms with Gasteiger partial charge < -0.3 is 10.6 Å². The first-order chi connectivity index (χ1) is 10.6. The van der Waals surface area contributed by atoms with Crippen molar-refractivity contribution in [1.29, 1.82) is 0 Å². The lowest BCUT2D eigenvalue weighted by Crippen LogP contribution is -2.31. The van der Waals surface area contributed by atoms with Gasteiger partial charge in [0.15, 0.2) is 0 Å². The molecular weight excluding hydrogens is 282 g/mol. The minimum Gasteiger partial charge on any atom is -0.309 e. The number of hydrogen-bond donors (Lipinski definition) is 2. The smallest absolute Gasteiger partial charge is 0.127 e. The van der Waals surface area contributed by atoms with Gasteiger partial charge in [-0.25, -0.2) is 8.78 Å². The molecule has 2 aromatic carbocycles. The van der Waals surface area contributed by atoms with E-state index in [1.165, 1.54) is 18.2 Å². The first kappa shape index (κ1) is 16.6. The molecule has 0 saturated heterocycles. The predicted molar refractivity (Wildman–Crippen MR) is 85.6 cm³/mol. The third kappa shape index (κ3) is 4.61. The summed E-state index contributed by atoms with van der Waals surface area (Å²) < 4.78 is 26.5. The van der Waals surface area contributed by atoms with Crippen LogP contribution in [0.3, 0.4) is 0 Å². The van der Waals surface area contributed by atoms with Crippen LogP contribution in [0.2, 0.25) is 0 Å². The molecule has 0 fully saturated rings. The van der Waals surface area contributed by atoms with E-state index in [1.807, 2.05) is 19.9 Å². The molecule has 0 unspecified atom stereocenters. The van der Waals surface area contributed by atoms with E-state index in [1.54, 1.807) is 24.3 Å². The molecule has 118 valence electrons. The maximum Gasteiger partial charge on any atom is 0.127 e.